The molecular weight excluding hydrogens is 780 g/mol. The van der Waals surface area contributed by atoms with Crippen molar-refractivity contribution in [3.05, 3.63) is 82.9 Å². The second kappa shape index (κ2) is 15.9. The average Bonchev–Trinajstić information content (AvgIpc) is 3.58. The molecule has 5 aliphatic rings. The summed E-state index contributed by atoms with van der Waals surface area (Å²) in [5, 5.41) is 14.4. The SMILES string of the molecule is CO[C@H]1C(=O)C2[C@@H](OC)C[C@H]3CC[C@@]3(OC(C)=O)[C@H]2[C@H](OC(=O)c2ccccc2)[C@]23OC(=O)O[C@H]2[C@H](OC(=O)[C@H](O)[C@@H](NC(=O)N(C)C)c2ccccc2)C(C)=C1C3(C)C. The van der Waals surface area contributed by atoms with Crippen LogP contribution >= 0.6 is 0 Å². The Bertz CT molecular complexity index is 2070. The summed E-state index contributed by atoms with van der Waals surface area (Å²) in [7, 11) is 5.81. The number of aliphatic hydroxyl groups is 1. The number of urea groups is 1. The van der Waals surface area contributed by atoms with Gasteiger partial charge in [0, 0.05) is 46.6 Å². The van der Waals surface area contributed by atoms with Gasteiger partial charge in [0.25, 0.3) is 0 Å². The first-order valence-corrected chi connectivity index (χ1v) is 20.0. The Hall–Kier alpha value is -5.32. The van der Waals surface area contributed by atoms with Gasteiger partial charge in [-0.05, 0) is 55.0 Å². The number of aliphatic hydroxyl groups excluding tert-OH is 1. The molecule has 2 amide bonds. The highest BCUT2D eigenvalue weighted by atomic mass is 16.8. The van der Waals surface area contributed by atoms with E-state index >= 15 is 4.79 Å². The number of carbonyl (C=O) groups excluding carboxylic acids is 6. The minimum Gasteiger partial charge on any atom is -0.458 e. The van der Waals surface area contributed by atoms with E-state index < -0.39 is 107 Å². The summed E-state index contributed by atoms with van der Waals surface area (Å²) < 4.78 is 43.7. The van der Waals surface area contributed by atoms with Crippen molar-refractivity contribution in [2.24, 2.45) is 23.2 Å². The van der Waals surface area contributed by atoms with E-state index in [1.807, 2.05) is 0 Å². The zero-order valence-corrected chi connectivity index (χ0v) is 34.9. The number of methoxy groups -OCH3 is 2. The van der Waals surface area contributed by atoms with Crippen LogP contribution in [0.4, 0.5) is 9.59 Å². The first-order valence-electron chi connectivity index (χ1n) is 20.0. The zero-order chi connectivity index (χ0) is 43.5. The molecule has 16 heteroatoms. The number of ether oxygens (including phenoxy) is 7. The van der Waals surface area contributed by atoms with Gasteiger partial charge in [-0.1, -0.05) is 62.4 Å². The summed E-state index contributed by atoms with van der Waals surface area (Å²) in [4.78, 5) is 85.4. The van der Waals surface area contributed by atoms with Gasteiger partial charge >= 0.3 is 30.1 Å². The Kier molecular flexibility index (Phi) is 11.4. The Labute approximate surface area is 347 Å². The molecule has 2 N–H and O–H groups in total. The van der Waals surface area contributed by atoms with Crippen molar-refractivity contribution in [1.29, 1.82) is 0 Å². The van der Waals surface area contributed by atoms with Gasteiger partial charge in [-0.15, -0.1) is 0 Å². The second-order valence-electron chi connectivity index (χ2n) is 17.0. The fraction of sp³-hybridized carbons (Fsp3) is 0.545. The van der Waals surface area contributed by atoms with Gasteiger partial charge in [-0.3, -0.25) is 9.59 Å². The molecule has 60 heavy (non-hydrogen) atoms. The number of amides is 2. The Balaban J connectivity index is 1.45. The van der Waals surface area contributed by atoms with E-state index in [2.05, 4.69) is 5.32 Å². The highest BCUT2D eigenvalue weighted by Crippen LogP contribution is 2.66. The molecule has 1 aliphatic heterocycles. The van der Waals surface area contributed by atoms with Crippen LogP contribution < -0.4 is 5.32 Å². The monoisotopic (exact) mass is 832 g/mol. The number of rotatable bonds is 10. The molecule has 0 aromatic heterocycles. The van der Waals surface area contributed by atoms with Crippen LogP contribution in [0.3, 0.4) is 0 Å². The van der Waals surface area contributed by atoms with E-state index in [-0.39, 0.29) is 29.0 Å². The molecule has 12 atom stereocenters. The smallest absolute Gasteiger partial charge is 0.458 e. The third kappa shape index (κ3) is 6.63. The maximum Gasteiger partial charge on any atom is 0.509 e. The summed E-state index contributed by atoms with van der Waals surface area (Å²) in [6, 6.07) is 14.5. The van der Waals surface area contributed by atoms with Crippen molar-refractivity contribution in [1.82, 2.24) is 10.2 Å². The Morgan fingerprint density at radius 1 is 0.950 bits per heavy atom. The molecule has 1 saturated heterocycles. The van der Waals surface area contributed by atoms with E-state index in [0.29, 0.717) is 18.4 Å². The van der Waals surface area contributed by atoms with Gasteiger partial charge in [0.15, 0.2) is 30.2 Å². The highest BCUT2D eigenvalue weighted by Gasteiger charge is 2.80. The van der Waals surface area contributed by atoms with Gasteiger partial charge in [-0.2, -0.15) is 0 Å². The minimum atomic E-state index is -2.11. The maximum absolute atomic E-state index is 15.4. The summed E-state index contributed by atoms with van der Waals surface area (Å²) in [6.45, 7) is 6.26. The van der Waals surface area contributed by atoms with Crippen molar-refractivity contribution in [3.8, 4) is 0 Å². The molecule has 322 valence electrons. The number of hydrogen-bond acceptors (Lipinski definition) is 14. The summed E-state index contributed by atoms with van der Waals surface area (Å²) in [5.41, 5.74) is -3.99. The summed E-state index contributed by atoms with van der Waals surface area (Å²) in [5.74, 6) is -5.88. The van der Waals surface area contributed by atoms with Gasteiger partial charge in [-0.25, -0.2) is 19.2 Å². The van der Waals surface area contributed by atoms with Gasteiger partial charge < -0.3 is 48.5 Å². The summed E-state index contributed by atoms with van der Waals surface area (Å²) >= 11 is 0. The van der Waals surface area contributed by atoms with Crippen LogP contribution in [-0.4, -0.2) is 122 Å². The van der Waals surface area contributed by atoms with Crippen LogP contribution in [0.2, 0.25) is 0 Å². The van der Waals surface area contributed by atoms with Crippen LogP contribution in [0, 0.1) is 23.2 Å². The Morgan fingerprint density at radius 3 is 2.17 bits per heavy atom. The molecule has 1 unspecified atom stereocenters. The molecule has 2 aromatic carbocycles. The molecule has 1 heterocycles. The number of benzene rings is 2. The molecule has 16 nitrogen and oxygen atoms in total. The van der Waals surface area contributed by atoms with E-state index in [1.165, 1.54) is 40.1 Å². The summed E-state index contributed by atoms with van der Waals surface area (Å²) in [6.07, 6.45) is -8.94. The largest absolute Gasteiger partial charge is 0.509 e. The number of hydrogen-bond donors (Lipinski definition) is 2. The van der Waals surface area contributed by atoms with Crippen LogP contribution in [0.5, 0.6) is 0 Å². The topological polar surface area (TPSA) is 203 Å². The number of ketones is 1. The van der Waals surface area contributed by atoms with E-state index in [0.717, 1.165) is 0 Å². The minimum absolute atomic E-state index is 0.138. The second-order valence-corrected chi connectivity index (χ2v) is 17.0. The first-order chi connectivity index (χ1) is 28.4. The molecule has 7 rings (SSSR count). The van der Waals surface area contributed by atoms with Gasteiger partial charge in [0.2, 0.25) is 5.60 Å². The molecule has 3 saturated carbocycles. The lowest BCUT2D eigenvalue weighted by Crippen LogP contribution is -2.78. The standard InChI is InChI=1S/C44H52N2O14/c1-22-29-35(55-8)32(48)28-27(54-7)21-26-19-20-43(26,59-23(2)47)30(28)36(57-38(50)25-17-13-10-14-18-25)44(42(29,3)4)37(58-41(53)60-44)34(22)56-39(51)33(49)31(45-40(52)46(5)6)24-15-11-9-12-16-24/h9-18,26-28,30-31,33-37,49H,19-21H2,1-8H3,(H,45,52)/t26-,27+,28?,30-,31+,33-,34-,35-,36+,37+,43+,44+/m1/s1. The van der Waals surface area contributed by atoms with Crippen molar-refractivity contribution in [2.75, 3.05) is 28.3 Å². The van der Waals surface area contributed by atoms with Crippen LogP contribution in [0.25, 0.3) is 0 Å². The predicted molar refractivity (Wildman–Crippen MR) is 209 cm³/mol. The van der Waals surface area contributed by atoms with Crippen molar-refractivity contribution in [2.45, 2.75) is 101 Å². The molecule has 1 spiro atoms. The molecule has 2 aromatic rings. The van der Waals surface area contributed by atoms with E-state index in [4.69, 9.17) is 33.2 Å². The molecule has 4 fully saturated rings. The lowest BCUT2D eigenvalue weighted by molar-refractivity contribution is -0.280. The maximum atomic E-state index is 15.4. The fourth-order valence-corrected chi connectivity index (χ4v) is 10.7. The lowest BCUT2D eigenvalue weighted by atomic mass is 9.44. The van der Waals surface area contributed by atoms with E-state index in [9.17, 15) is 29.1 Å². The molecule has 4 aliphatic carbocycles. The average molecular weight is 833 g/mol. The number of fused-ring (bicyclic) bond motifs is 4. The third-order valence-electron chi connectivity index (χ3n) is 13.5. The Morgan fingerprint density at radius 2 is 1.60 bits per heavy atom. The molecule has 2 bridgehead atoms. The van der Waals surface area contributed by atoms with Crippen LogP contribution in [0.15, 0.2) is 71.8 Å². The lowest BCUT2D eigenvalue weighted by Gasteiger charge is -2.65. The van der Waals surface area contributed by atoms with Gasteiger partial charge in [0.05, 0.1) is 29.5 Å². The third-order valence-corrected chi connectivity index (χ3v) is 13.5. The fourth-order valence-electron chi connectivity index (χ4n) is 10.7. The van der Waals surface area contributed by atoms with Crippen LogP contribution in [-0.2, 0) is 47.5 Å². The van der Waals surface area contributed by atoms with Crippen molar-refractivity contribution in [3.63, 3.8) is 0 Å². The molecular formula is C44H52N2O14. The van der Waals surface area contributed by atoms with Crippen molar-refractivity contribution < 1.29 is 67.0 Å². The number of nitrogens with one attached hydrogen (secondary N) is 1. The van der Waals surface area contributed by atoms with E-state index in [1.54, 1.807) is 81.4 Å². The number of esters is 3. The molecule has 0 radical (unpaired) electrons. The van der Waals surface area contributed by atoms with Crippen molar-refractivity contribution >= 4 is 35.9 Å². The van der Waals surface area contributed by atoms with Gasteiger partial charge in [0.1, 0.15) is 11.7 Å². The number of nitrogens with zero attached hydrogens (tertiary/aromatic N) is 1. The zero-order valence-electron chi connectivity index (χ0n) is 34.9. The first kappa shape index (κ1) is 42.8. The normalized spacial score (nSPS) is 33.4. The van der Waals surface area contributed by atoms with Crippen LogP contribution in [0.1, 0.15) is 68.9 Å². The predicted octanol–water partition coefficient (Wildman–Crippen LogP) is 4.09. The quantitative estimate of drug-likeness (QED) is 0.197. The number of carbonyl (C=O) groups is 6. The highest BCUT2D eigenvalue weighted by molar-refractivity contribution is 5.92. The number of Topliss-reactive ketones (excluding diaryl/α,β-unsaturated/α-hetero) is 1.